The molecule has 4 heterocycles. The highest BCUT2D eigenvalue weighted by Crippen LogP contribution is 2.40. The number of hydrogen-bond acceptors (Lipinski definition) is 7. The number of nitrogens with one attached hydrogen (secondary N) is 2. The summed E-state index contributed by atoms with van der Waals surface area (Å²) in [5.41, 5.74) is 6.80. The monoisotopic (exact) mass is 649 g/mol. The zero-order valence-electron chi connectivity index (χ0n) is 27.1. The van der Waals surface area contributed by atoms with E-state index in [0.717, 1.165) is 57.6 Å². The highest BCUT2D eigenvalue weighted by molar-refractivity contribution is 7.91. The predicted octanol–water partition coefficient (Wildman–Crippen LogP) is 7.62. The quantitative estimate of drug-likeness (QED) is 0.166. The van der Waals surface area contributed by atoms with Gasteiger partial charge in [-0.25, -0.2) is 13.4 Å². The minimum absolute atomic E-state index is 0.251. The van der Waals surface area contributed by atoms with E-state index in [1.54, 1.807) is 38.6 Å². The Bertz CT molecular complexity index is 2160. The molecule has 0 aliphatic carbocycles. The molecule has 1 fully saturated rings. The van der Waals surface area contributed by atoms with Crippen molar-refractivity contribution in [1.29, 1.82) is 0 Å². The highest BCUT2D eigenvalue weighted by Gasteiger charge is 2.32. The molecule has 1 atom stereocenters. The van der Waals surface area contributed by atoms with Crippen LogP contribution in [0.2, 0.25) is 0 Å². The summed E-state index contributed by atoms with van der Waals surface area (Å²) < 4.78 is 42.1. The number of ether oxygens (including phenoxy) is 2. The molecular weight excluding hydrogens is 611 g/mol. The van der Waals surface area contributed by atoms with Crippen LogP contribution in [0.25, 0.3) is 33.2 Å². The van der Waals surface area contributed by atoms with E-state index in [9.17, 15) is 8.42 Å². The third-order valence-electron chi connectivity index (χ3n) is 9.18. The third-order valence-corrected chi connectivity index (χ3v) is 11.1. The maximum absolute atomic E-state index is 14.5. The van der Waals surface area contributed by atoms with E-state index in [1.165, 1.54) is 19.3 Å². The molecule has 1 aliphatic heterocycles. The average Bonchev–Trinajstić information content (AvgIpc) is 3.68. The Morgan fingerprint density at radius 2 is 1.57 bits per heavy atom. The van der Waals surface area contributed by atoms with Crippen molar-refractivity contribution in [3.63, 3.8) is 0 Å². The molecule has 1 saturated heterocycles. The lowest BCUT2D eigenvalue weighted by molar-refractivity contribution is 0.355. The van der Waals surface area contributed by atoms with Gasteiger partial charge in [-0.2, -0.15) is 0 Å². The molecule has 1 unspecified atom stereocenters. The minimum atomic E-state index is -3.89. The van der Waals surface area contributed by atoms with Crippen molar-refractivity contribution in [3.8, 4) is 22.8 Å². The largest absolute Gasteiger partial charge is 0.493 e. The number of H-pyrrole nitrogens is 1. The first-order valence-electron chi connectivity index (χ1n) is 15.9. The molecule has 10 heteroatoms. The Labute approximate surface area is 275 Å². The van der Waals surface area contributed by atoms with E-state index in [2.05, 4.69) is 32.3 Å². The lowest BCUT2D eigenvalue weighted by atomic mass is 10.1. The number of anilines is 2. The molecule has 7 rings (SSSR count). The van der Waals surface area contributed by atoms with Crippen molar-refractivity contribution in [2.24, 2.45) is 7.05 Å². The summed E-state index contributed by atoms with van der Waals surface area (Å²) in [5, 5.41) is 4.01. The maximum Gasteiger partial charge on any atom is 0.203 e. The van der Waals surface area contributed by atoms with Gasteiger partial charge in [0, 0.05) is 77.6 Å². The smallest absolute Gasteiger partial charge is 0.203 e. The van der Waals surface area contributed by atoms with Crippen LogP contribution in [0.4, 0.5) is 11.4 Å². The summed E-state index contributed by atoms with van der Waals surface area (Å²) in [6, 6.07) is 22.8. The van der Waals surface area contributed by atoms with Crippen molar-refractivity contribution in [3.05, 3.63) is 96.3 Å². The van der Waals surface area contributed by atoms with Crippen molar-refractivity contribution in [2.75, 3.05) is 37.5 Å². The first-order valence-corrected chi connectivity index (χ1v) is 17.4. The van der Waals surface area contributed by atoms with Gasteiger partial charge in [-0.05, 0) is 80.8 Å². The summed E-state index contributed by atoms with van der Waals surface area (Å²) in [4.78, 5) is 10.7. The van der Waals surface area contributed by atoms with Crippen LogP contribution in [0.1, 0.15) is 35.8 Å². The van der Waals surface area contributed by atoms with E-state index in [4.69, 9.17) is 9.47 Å². The zero-order chi connectivity index (χ0) is 32.7. The van der Waals surface area contributed by atoms with E-state index >= 15 is 0 Å². The van der Waals surface area contributed by atoms with Crippen molar-refractivity contribution in [1.82, 2.24) is 14.5 Å². The Hall–Kier alpha value is -4.96. The first-order chi connectivity index (χ1) is 22.8. The topological polar surface area (TPSA) is 101 Å². The lowest BCUT2D eigenvalue weighted by Crippen LogP contribution is -2.29. The molecular formula is C37H39N5O4S. The zero-order valence-corrected chi connectivity index (χ0v) is 27.9. The number of pyridine rings is 1. The van der Waals surface area contributed by atoms with Crippen molar-refractivity contribution >= 4 is 43.1 Å². The van der Waals surface area contributed by atoms with Crippen LogP contribution in [0, 0.1) is 6.92 Å². The number of fused-ring (bicyclic) bond motifs is 2. The average molecular weight is 650 g/mol. The Morgan fingerprint density at radius 1 is 0.872 bits per heavy atom. The summed E-state index contributed by atoms with van der Waals surface area (Å²) in [6.45, 7) is 4.03. The van der Waals surface area contributed by atoms with Gasteiger partial charge >= 0.3 is 0 Å². The van der Waals surface area contributed by atoms with E-state index < -0.39 is 15.2 Å². The summed E-state index contributed by atoms with van der Waals surface area (Å²) in [7, 11) is 1.33. The molecule has 0 saturated carbocycles. The van der Waals surface area contributed by atoms with Gasteiger partial charge in [0.1, 0.15) is 5.65 Å². The highest BCUT2D eigenvalue weighted by atomic mass is 32.2. The van der Waals surface area contributed by atoms with Crippen LogP contribution < -0.4 is 19.7 Å². The molecule has 47 heavy (non-hydrogen) atoms. The van der Waals surface area contributed by atoms with Crippen LogP contribution in [-0.2, 0) is 16.9 Å². The van der Waals surface area contributed by atoms with Crippen molar-refractivity contribution < 1.29 is 17.9 Å². The third kappa shape index (κ3) is 5.67. The molecule has 1 aliphatic rings. The SMILES string of the molecule is COc1cc2c(-c3cc4c(C(Nc5ccc(N6CCCCC6)cc5)S(=O)(=O)c5ccc(C)cc5)ccnc4[nH]3)cn(C)c2cc1OC. The number of aromatic amines is 1. The number of rotatable bonds is 9. The molecule has 0 radical (unpaired) electrons. The number of aryl methyl sites for hydroxylation is 2. The van der Waals surface area contributed by atoms with Crippen LogP contribution >= 0.6 is 0 Å². The number of piperidine rings is 1. The van der Waals surface area contributed by atoms with Gasteiger partial charge in [-0.3, -0.25) is 0 Å². The van der Waals surface area contributed by atoms with Gasteiger partial charge in [0.05, 0.1) is 24.6 Å². The van der Waals surface area contributed by atoms with Crippen molar-refractivity contribution in [2.45, 2.75) is 36.5 Å². The Balaban J connectivity index is 1.33. The first kappa shape index (κ1) is 30.7. The number of aromatic nitrogens is 3. The fraction of sp³-hybridized carbons (Fsp3) is 0.270. The number of hydrogen-bond donors (Lipinski definition) is 2. The summed E-state index contributed by atoms with van der Waals surface area (Å²) in [6.07, 6.45) is 7.34. The second-order valence-electron chi connectivity index (χ2n) is 12.2. The van der Waals surface area contributed by atoms with Gasteiger partial charge in [-0.1, -0.05) is 17.7 Å². The predicted molar refractivity (Wildman–Crippen MR) is 188 cm³/mol. The number of nitrogens with zero attached hydrogens (tertiary/aromatic N) is 3. The molecule has 0 bridgehead atoms. The second kappa shape index (κ2) is 12.3. The van der Waals surface area contributed by atoms with Gasteiger partial charge in [0.15, 0.2) is 16.9 Å². The van der Waals surface area contributed by atoms with Crippen LogP contribution in [0.15, 0.2) is 90.1 Å². The van der Waals surface area contributed by atoms with Gasteiger partial charge < -0.3 is 29.2 Å². The number of methoxy groups -OCH3 is 2. The van der Waals surface area contributed by atoms with Gasteiger partial charge in [0.2, 0.25) is 9.84 Å². The molecule has 3 aromatic heterocycles. The van der Waals surface area contributed by atoms with Crippen LogP contribution in [-0.4, -0.2) is 50.3 Å². The molecule has 0 spiro atoms. The minimum Gasteiger partial charge on any atom is -0.493 e. The molecule has 2 N–H and O–H groups in total. The van der Waals surface area contributed by atoms with E-state index in [1.807, 2.05) is 67.2 Å². The molecule has 9 nitrogen and oxygen atoms in total. The lowest BCUT2D eigenvalue weighted by Gasteiger charge is -2.29. The van der Waals surface area contributed by atoms with E-state index in [0.29, 0.717) is 22.7 Å². The summed E-state index contributed by atoms with van der Waals surface area (Å²) in [5.74, 6) is 1.27. The number of benzene rings is 3. The fourth-order valence-corrected chi connectivity index (χ4v) is 8.22. The molecule has 6 aromatic rings. The van der Waals surface area contributed by atoms with Gasteiger partial charge in [-0.15, -0.1) is 0 Å². The van der Waals surface area contributed by atoms with Crippen LogP contribution in [0.3, 0.4) is 0 Å². The molecule has 3 aromatic carbocycles. The van der Waals surface area contributed by atoms with Gasteiger partial charge in [0.25, 0.3) is 0 Å². The molecule has 0 amide bonds. The standard InChI is InChI=1S/C37H39N5O4S/c1-24-8-14-27(15-9-24)47(43,44)37(39-25-10-12-26(13-11-25)42-18-6-5-7-19-42)28-16-17-38-36-30(28)20-32(40-36)31-23-41(2)33-22-35(46-4)34(45-3)21-29(31)33/h8-17,20-23,37,39H,5-7,18-19H2,1-4H3,(H,38,40). The Kier molecular flexibility index (Phi) is 8.05. The Morgan fingerprint density at radius 3 is 2.28 bits per heavy atom. The molecule has 242 valence electrons. The number of sulfone groups is 1. The van der Waals surface area contributed by atoms with Crippen LogP contribution in [0.5, 0.6) is 11.5 Å². The fourth-order valence-electron chi connectivity index (χ4n) is 6.60. The maximum atomic E-state index is 14.5. The van der Waals surface area contributed by atoms with E-state index in [-0.39, 0.29) is 4.90 Å². The second-order valence-corrected chi connectivity index (χ2v) is 14.2. The normalized spacial score (nSPS) is 14.4. The summed E-state index contributed by atoms with van der Waals surface area (Å²) >= 11 is 0.